The van der Waals surface area contributed by atoms with Gasteiger partial charge in [-0.1, -0.05) is 12.1 Å². The van der Waals surface area contributed by atoms with Crippen molar-refractivity contribution >= 4 is 18.2 Å². The molecule has 86 valence electrons. The Morgan fingerprint density at radius 1 is 1.12 bits per heavy atom. The molecule has 0 saturated carbocycles. The maximum atomic E-state index is 5.89. The van der Waals surface area contributed by atoms with Crippen molar-refractivity contribution in [2.24, 2.45) is 0 Å². The lowest BCUT2D eigenvalue weighted by molar-refractivity contribution is 0.864. The van der Waals surface area contributed by atoms with Crippen LogP contribution in [0.15, 0.2) is 24.3 Å². The number of hydrogen-bond acceptors (Lipinski definition) is 2. The zero-order valence-corrected chi connectivity index (χ0v) is 10.5. The van der Waals surface area contributed by atoms with Gasteiger partial charge in [-0.15, -0.1) is 12.4 Å². The first kappa shape index (κ1) is 12.6. The van der Waals surface area contributed by atoms with E-state index in [4.69, 9.17) is 5.73 Å². The minimum atomic E-state index is 0. The SMILES string of the molecule is Cc1ccc(C)c(-n2nc(C)cc2N)c1.Cl. The molecule has 0 atom stereocenters. The molecule has 0 saturated heterocycles. The Morgan fingerprint density at radius 3 is 2.38 bits per heavy atom. The van der Waals surface area contributed by atoms with Gasteiger partial charge in [0.1, 0.15) is 5.82 Å². The van der Waals surface area contributed by atoms with Crippen LogP contribution in [0.25, 0.3) is 5.69 Å². The van der Waals surface area contributed by atoms with Crippen LogP contribution in [0.3, 0.4) is 0 Å². The highest BCUT2D eigenvalue weighted by molar-refractivity contribution is 5.85. The normalized spacial score (nSPS) is 9.94. The van der Waals surface area contributed by atoms with Crippen LogP contribution in [0.2, 0.25) is 0 Å². The third-order valence-corrected chi connectivity index (χ3v) is 2.45. The van der Waals surface area contributed by atoms with E-state index in [9.17, 15) is 0 Å². The van der Waals surface area contributed by atoms with Crippen LogP contribution in [0.4, 0.5) is 5.82 Å². The number of halogens is 1. The Morgan fingerprint density at radius 2 is 1.81 bits per heavy atom. The van der Waals surface area contributed by atoms with Gasteiger partial charge in [0.15, 0.2) is 0 Å². The van der Waals surface area contributed by atoms with Crippen molar-refractivity contribution in [1.29, 1.82) is 0 Å². The number of rotatable bonds is 1. The van der Waals surface area contributed by atoms with E-state index in [1.807, 2.05) is 13.0 Å². The number of aryl methyl sites for hydroxylation is 3. The second-order valence-electron chi connectivity index (χ2n) is 3.91. The largest absolute Gasteiger partial charge is 0.384 e. The van der Waals surface area contributed by atoms with Crippen molar-refractivity contribution in [2.75, 3.05) is 5.73 Å². The summed E-state index contributed by atoms with van der Waals surface area (Å²) in [6.45, 7) is 6.07. The fourth-order valence-electron chi connectivity index (χ4n) is 1.66. The van der Waals surface area contributed by atoms with E-state index in [-0.39, 0.29) is 12.4 Å². The van der Waals surface area contributed by atoms with Crippen LogP contribution in [0.1, 0.15) is 16.8 Å². The molecule has 0 unspecified atom stereocenters. The first-order chi connectivity index (χ1) is 7.08. The maximum absolute atomic E-state index is 5.89. The molecular formula is C12H16ClN3. The van der Waals surface area contributed by atoms with Gasteiger partial charge in [-0.25, -0.2) is 4.68 Å². The molecule has 0 radical (unpaired) electrons. The lowest BCUT2D eigenvalue weighted by Gasteiger charge is -2.08. The van der Waals surface area contributed by atoms with E-state index in [2.05, 4.69) is 37.1 Å². The Hall–Kier alpha value is -1.48. The van der Waals surface area contributed by atoms with Gasteiger partial charge in [-0.05, 0) is 38.0 Å². The minimum Gasteiger partial charge on any atom is -0.384 e. The van der Waals surface area contributed by atoms with Crippen molar-refractivity contribution < 1.29 is 0 Å². The van der Waals surface area contributed by atoms with Crippen LogP contribution in [0.5, 0.6) is 0 Å². The van der Waals surface area contributed by atoms with Crippen LogP contribution in [-0.4, -0.2) is 9.78 Å². The zero-order valence-electron chi connectivity index (χ0n) is 9.69. The molecule has 0 amide bonds. The summed E-state index contributed by atoms with van der Waals surface area (Å²) in [5.41, 5.74) is 10.3. The molecule has 1 heterocycles. The Bertz CT molecular complexity index is 503. The summed E-state index contributed by atoms with van der Waals surface area (Å²) in [6.07, 6.45) is 0. The summed E-state index contributed by atoms with van der Waals surface area (Å²) in [5.74, 6) is 0.682. The van der Waals surface area contributed by atoms with Crippen molar-refractivity contribution in [3.8, 4) is 5.69 Å². The highest BCUT2D eigenvalue weighted by atomic mass is 35.5. The molecule has 0 aliphatic rings. The molecule has 0 spiro atoms. The Balaban J connectivity index is 0.00000128. The molecule has 0 aliphatic heterocycles. The predicted octanol–water partition coefficient (Wildman–Crippen LogP) is 2.80. The summed E-state index contributed by atoms with van der Waals surface area (Å²) >= 11 is 0. The Kier molecular flexibility index (Phi) is 3.60. The smallest absolute Gasteiger partial charge is 0.127 e. The van der Waals surface area contributed by atoms with E-state index >= 15 is 0 Å². The number of anilines is 1. The third kappa shape index (κ3) is 2.19. The summed E-state index contributed by atoms with van der Waals surface area (Å²) in [6, 6.07) is 8.15. The monoisotopic (exact) mass is 237 g/mol. The lowest BCUT2D eigenvalue weighted by Crippen LogP contribution is -2.03. The summed E-state index contributed by atoms with van der Waals surface area (Å²) in [7, 11) is 0. The molecule has 2 N–H and O–H groups in total. The number of nitrogens with zero attached hydrogens (tertiary/aromatic N) is 2. The summed E-state index contributed by atoms with van der Waals surface area (Å²) < 4.78 is 1.79. The van der Waals surface area contributed by atoms with E-state index in [0.29, 0.717) is 5.82 Å². The van der Waals surface area contributed by atoms with E-state index in [1.54, 1.807) is 4.68 Å². The highest BCUT2D eigenvalue weighted by Gasteiger charge is 2.06. The van der Waals surface area contributed by atoms with Crippen molar-refractivity contribution in [2.45, 2.75) is 20.8 Å². The quantitative estimate of drug-likeness (QED) is 0.829. The predicted molar refractivity (Wildman–Crippen MR) is 69.4 cm³/mol. The standard InChI is InChI=1S/C12H15N3.ClH/c1-8-4-5-9(2)11(6-8)15-12(13)7-10(3)14-15;/h4-7H,13H2,1-3H3;1H. The van der Waals surface area contributed by atoms with Gasteiger partial charge in [0.2, 0.25) is 0 Å². The maximum Gasteiger partial charge on any atom is 0.127 e. The van der Waals surface area contributed by atoms with Gasteiger partial charge in [0.05, 0.1) is 11.4 Å². The van der Waals surface area contributed by atoms with Crippen LogP contribution in [-0.2, 0) is 0 Å². The van der Waals surface area contributed by atoms with Gasteiger partial charge < -0.3 is 5.73 Å². The first-order valence-corrected chi connectivity index (χ1v) is 4.97. The Labute approximate surface area is 102 Å². The molecule has 0 aliphatic carbocycles. The molecule has 2 aromatic rings. The van der Waals surface area contributed by atoms with E-state index < -0.39 is 0 Å². The fraction of sp³-hybridized carbons (Fsp3) is 0.250. The van der Waals surface area contributed by atoms with Crippen LogP contribution < -0.4 is 5.73 Å². The first-order valence-electron chi connectivity index (χ1n) is 4.97. The number of nitrogen functional groups attached to an aromatic ring is 1. The van der Waals surface area contributed by atoms with Crippen molar-refractivity contribution in [3.63, 3.8) is 0 Å². The number of nitrogens with two attached hydrogens (primary N) is 1. The molecule has 3 nitrogen and oxygen atoms in total. The second kappa shape index (κ2) is 4.58. The van der Waals surface area contributed by atoms with Crippen molar-refractivity contribution in [1.82, 2.24) is 9.78 Å². The van der Waals surface area contributed by atoms with Crippen molar-refractivity contribution in [3.05, 3.63) is 41.1 Å². The van der Waals surface area contributed by atoms with Gasteiger partial charge in [0.25, 0.3) is 0 Å². The topological polar surface area (TPSA) is 43.8 Å². The number of aromatic nitrogens is 2. The van der Waals surface area contributed by atoms with Gasteiger partial charge in [-0.3, -0.25) is 0 Å². The molecule has 2 rings (SSSR count). The number of benzene rings is 1. The fourth-order valence-corrected chi connectivity index (χ4v) is 1.66. The highest BCUT2D eigenvalue weighted by Crippen LogP contribution is 2.19. The molecule has 4 heteroatoms. The summed E-state index contributed by atoms with van der Waals surface area (Å²) in [5, 5.41) is 4.37. The lowest BCUT2D eigenvalue weighted by atomic mass is 10.1. The average molecular weight is 238 g/mol. The van der Waals surface area contributed by atoms with Crippen LogP contribution in [0, 0.1) is 20.8 Å². The van der Waals surface area contributed by atoms with E-state index in [0.717, 1.165) is 11.4 Å². The third-order valence-electron chi connectivity index (χ3n) is 2.45. The molecular weight excluding hydrogens is 222 g/mol. The number of hydrogen-bond donors (Lipinski definition) is 1. The zero-order chi connectivity index (χ0) is 11.0. The molecule has 1 aromatic heterocycles. The summed E-state index contributed by atoms with van der Waals surface area (Å²) in [4.78, 5) is 0. The van der Waals surface area contributed by atoms with E-state index in [1.165, 1.54) is 11.1 Å². The van der Waals surface area contributed by atoms with Gasteiger partial charge in [-0.2, -0.15) is 5.10 Å². The molecule has 16 heavy (non-hydrogen) atoms. The molecule has 0 bridgehead atoms. The second-order valence-corrected chi connectivity index (χ2v) is 3.91. The molecule has 0 fully saturated rings. The average Bonchev–Trinajstić information content (AvgIpc) is 2.50. The van der Waals surface area contributed by atoms with Gasteiger partial charge >= 0.3 is 0 Å². The van der Waals surface area contributed by atoms with Gasteiger partial charge in [0, 0.05) is 6.07 Å². The minimum absolute atomic E-state index is 0. The van der Waals surface area contributed by atoms with Crippen LogP contribution >= 0.6 is 12.4 Å². The molecule has 1 aromatic carbocycles.